The third-order valence-corrected chi connectivity index (χ3v) is 7.83. The first kappa shape index (κ1) is 26.2. The highest BCUT2D eigenvalue weighted by atomic mass is 35.5. The van der Waals surface area contributed by atoms with Gasteiger partial charge >= 0.3 is 0 Å². The molecule has 4 rings (SSSR count). The Morgan fingerprint density at radius 1 is 1.19 bits per heavy atom. The van der Waals surface area contributed by atoms with E-state index in [9.17, 15) is 14.0 Å². The number of fused-ring (bicyclic) bond motifs is 1. The topological polar surface area (TPSA) is 49.9 Å². The molecule has 2 atom stereocenters. The van der Waals surface area contributed by atoms with Crippen molar-refractivity contribution in [3.05, 3.63) is 86.8 Å². The number of rotatable bonds is 9. The van der Waals surface area contributed by atoms with Crippen molar-refractivity contribution in [2.75, 3.05) is 26.2 Å². The standard InChI is InChI=1S/C28H30ClFN2O3S/c1-3-19(2)16-31(28(34)22-6-4-5-7-24(22)30)17-27(33)32-14-12-26-23(13-15-36-26)25(32)18-35-21-10-8-20(29)9-11-21/h4-11,13,15,19,25H,3,12,14,16-18H2,1-2H3/t19-,25+/m1/s1. The van der Waals surface area contributed by atoms with Gasteiger partial charge in [-0.1, -0.05) is 44.0 Å². The molecule has 2 amide bonds. The summed E-state index contributed by atoms with van der Waals surface area (Å²) in [4.78, 5) is 31.5. The molecule has 0 N–H and O–H groups in total. The lowest BCUT2D eigenvalue weighted by molar-refractivity contribution is -0.135. The van der Waals surface area contributed by atoms with Crippen LogP contribution in [-0.2, 0) is 11.2 Å². The van der Waals surface area contributed by atoms with Crippen molar-refractivity contribution in [3.63, 3.8) is 0 Å². The Morgan fingerprint density at radius 2 is 1.94 bits per heavy atom. The molecule has 0 bridgehead atoms. The minimum atomic E-state index is -0.584. The zero-order valence-electron chi connectivity index (χ0n) is 20.5. The van der Waals surface area contributed by atoms with Crippen molar-refractivity contribution < 1.29 is 18.7 Å². The number of hydrogen-bond donors (Lipinski definition) is 0. The van der Waals surface area contributed by atoms with Crippen molar-refractivity contribution in [1.29, 1.82) is 0 Å². The van der Waals surface area contributed by atoms with E-state index in [0.717, 1.165) is 18.4 Å². The Balaban J connectivity index is 1.55. The lowest BCUT2D eigenvalue weighted by Crippen LogP contribution is -2.48. The van der Waals surface area contributed by atoms with E-state index in [1.165, 1.54) is 21.9 Å². The number of thiophene rings is 1. The molecule has 190 valence electrons. The molecule has 0 saturated carbocycles. The molecule has 5 nitrogen and oxygen atoms in total. The van der Waals surface area contributed by atoms with Gasteiger partial charge in [-0.05, 0) is 65.7 Å². The Kier molecular flexibility index (Phi) is 8.64. The van der Waals surface area contributed by atoms with Crippen molar-refractivity contribution >= 4 is 34.8 Å². The quantitative estimate of drug-likeness (QED) is 0.330. The zero-order chi connectivity index (χ0) is 25.7. The number of ether oxygens (including phenoxy) is 1. The highest BCUT2D eigenvalue weighted by Crippen LogP contribution is 2.34. The van der Waals surface area contributed by atoms with Crippen LogP contribution in [0.4, 0.5) is 4.39 Å². The van der Waals surface area contributed by atoms with Gasteiger partial charge in [0, 0.05) is 23.0 Å². The molecule has 2 heterocycles. The van der Waals surface area contributed by atoms with Gasteiger partial charge in [-0.15, -0.1) is 11.3 Å². The number of nitrogens with zero attached hydrogens (tertiary/aromatic N) is 2. The first-order valence-corrected chi connectivity index (χ1v) is 13.4. The van der Waals surface area contributed by atoms with Crippen molar-refractivity contribution in [3.8, 4) is 5.75 Å². The van der Waals surface area contributed by atoms with Crippen LogP contribution in [-0.4, -0.2) is 47.9 Å². The fourth-order valence-electron chi connectivity index (χ4n) is 4.36. The Labute approximate surface area is 220 Å². The molecule has 3 aromatic rings. The highest BCUT2D eigenvalue weighted by Gasteiger charge is 2.34. The molecule has 8 heteroatoms. The van der Waals surface area contributed by atoms with Gasteiger partial charge in [-0.3, -0.25) is 9.59 Å². The van der Waals surface area contributed by atoms with Gasteiger partial charge in [-0.25, -0.2) is 4.39 Å². The summed E-state index contributed by atoms with van der Waals surface area (Å²) in [5.41, 5.74) is 1.05. The monoisotopic (exact) mass is 528 g/mol. The SMILES string of the molecule is CC[C@@H](C)CN(CC(=O)N1CCc2sccc2[C@@H]1COc1ccc(Cl)cc1)C(=O)c1ccccc1F. The van der Waals surface area contributed by atoms with Crippen molar-refractivity contribution in [1.82, 2.24) is 9.80 Å². The van der Waals surface area contributed by atoms with Crippen LogP contribution in [0.1, 0.15) is 47.1 Å². The average molecular weight is 529 g/mol. The lowest BCUT2D eigenvalue weighted by Gasteiger charge is -2.37. The smallest absolute Gasteiger partial charge is 0.257 e. The van der Waals surface area contributed by atoms with Gasteiger partial charge < -0.3 is 14.5 Å². The predicted octanol–water partition coefficient (Wildman–Crippen LogP) is 6.23. The van der Waals surface area contributed by atoms with E-state index >= 15 is 0 Å². The lowest BCUT2D eigenvalue weighted by atomic mass is 10.00. The van der Waals surface area contributed by atoms with Crippen LogP contribution in [0.5, 0.6) is 5.75 Å². The molecule has 0 spiro atoms. The van der Waals surface area contributed by atoms with E-state index in [4.69, 9.17) is 16.3 Å². The molecule has 0 aliphatic carbocycles. The molecular formula is C28H30ClFN2O3S. The molecule has 0 radical (unpaired) electrons. The molecule has 1 aliphatic heterocycles. The highest BCUT2D eigenvalue weighted by molar-refractivity contribution is 7.10. The summed E-state index contributed by atoms with van der Waals surface area (Å²) in [5, 5.41) is 2.66. The number of carbonyl (C=O) groups is 2. The van der Waals surface area contributed by atoms with E-state index in [2.05, 4.69) is 0 Å². The van der Waals surface area contributed by atoms with Crippen LogP contribution in [0.2, 0.25) is 5.02 Å². The van der Waals surface area contributed by atoms with Crippen molar-refractivity contribution in [2.24, 2.45) is 5.92 Å². The summed E-state index contributed by atoms with van der Waals surface area (Å²) < 4.78 is 20.5. The van der Waals surface area contributed by atoms with E-state index in [1.54, 1.807) is 52.6 Å². The van der Waals surface area contributed by atoms with Crippen LogP contribution in [0, 0.1) is 11.7 Å². The molecule has 0 saturated heterocycles. The molecule has 2 aromatic carbocycles. The zero-order valence-corrected chi connectivity index (χ0v) is 22.0. The summed E-state index contributed by atoms with van der Waals surface area (Å²) in [6, 6.07) is 14.8. The normalized spacial score (nSPS) is 15.8. The van der Waals surface area contributed by atoms with Gasteiger partial charge in [0.05, 0.1) is 11.6 Å². The first-order chi connectivity index (χ1) is 17.4. The van der Waals surface area contributed by atoms with Gasteiger partial charge in [0.25, 0.3) is 5.91 Å². The maximum atomic E-state index is 14.4. The van der Waals surface area contributed by atoms with E-state index in [-0.39, 0.29) is 36.6 Å². The molecule has 0 unspecified atom stereocenters. The second-order valence-corrected chi connectivity index (χ2v) is 10.5. The van der Waals surface area contributed by atoms with Crippen molar-refractivity contribution in [2.45, 2.75) is 32.7 Å². The van der Waals surface area contributed by atoms with Crippen LogP contribution in [0.15, 0.2) is 60.0 Å². The number of carbonyl (C=O) groups excluding carboxylic acids is 2. The number of amides is 2. The Morgan fingerprint density at radius 3 is 2.67 bits per heavy atom. The molecule has 0 fully saturated rings. The second kappa shape index (κ2) is 11.9. The molecular weight excluding hydrogens is 499 g/mol. The predicted molar refractivity (Wildman–Crippen MR) is 141 cm³/mol. The molecule has 1 aliphatic rings. The minimum Gasteiger partial charge on any atom is -0.491 e. The molecule has 1 aromatic heterocycles. The average Bonchev–Trinajstić information content (AvgIpc) is 3.36. The second-order valence-electron chi connectivity index (χ2n) is 9.10. The summed E-state index contributed by atoms with van der Waals surface area (Å²) in [6.45, 7) is 5.13. The van der Waals surface area contributed by atoms with Crippen LogP contribution in [0.25, 0.3) is 0 Å². The Hall–Kier alpha value is -2.90. The summed E-state index contributed by atoms with van der Waals surface area (Å²) in [6.07, 6.45) is 1.59. The molecule has 36 heavy (non-hydrogen) atoms. The summed E-state index contributed by atoms with van der Waals surface area (Å²) in [5.74, 6) is -0.391. The van der Waals surface area contributed by atoms with Crippen LogP contribution >= 0.6 is 22.9 Å². The largest absolute Gasteiger partial charge is 0.491 e. The number of halogens is 2. The van der Waals surface area contributed by atoms with Gasteiger partial charge in [-0.2, -0.15) is 0 Å². The van der Waals surface area contributed by atoms with E-state index in [0.29, 0.717) is 23.9 Å². The Bertz CT molecular complexity index is 1200. The number of benzene rings is 2. The number of hydrogen-bond acceptors (Lipinski definition) is 4. The summed E-state index contributed by atoms with van der Waals surface area (Å²) in [7, 11) is 0. The fourth-order valence-corrected chi connectivity index (χ4v) is 5.42. The maximum Gasteiger partial charge on any atom is 0.257 e. The van der Waals surface area contributed by atoms with E-state index in [1.807, 2.05) is 25.3 Å². The van der Waals surface area contributed by atoms with Crippen LogP contribution in [0.3, 0.4) is 0 Å². The van der Waals surface area contributed by atoms with Gasteiger partial charge in [0.1, 0.15) is 24.7 Å². The third kappa shape index (κ3) is 6.08. The maximum absolute atomic E-state index is 14.4. The third-order valence-electron chi connectivity index (χ3n) is 6.58. The van der Waals surface area contributed by atoms with Gasteiger partial charge in [0.2, 0.25) is 5.91 Å². The fraction of sp³-hybridized carbons (Fsp3) is 0.357. The first-order valence-electron chi connectivity index (χ1n) is 12.1. The van der Waals surface area contributed by atoms with Gasteiger partial charge in [0.15, 0.2) is 0 Å². The summed E-state index contributed by atoms with van der Waals surface area (Å²) >= 11 is 7.67. The minimum absolute atomic E-state index is 0.0185. The van der Waals surface area contributed by atoms with Crippen LogP contribution < -0.4 is 4.74 Å². The van der Waals surface area contributed by atoms with E-state index < -0.39 is 11.7 Å².